The fourth-order valence-corrected chi connectivity index (χ4v) is 2.36. The van der Waals surface area contributed by atoms with Crippen LogP contribution in [-0.2, 0) is 4.79 Å². The predicted octanol–water partition coefficient (Wildman–Crippen LogP) is 1.05. The highest BCUT2D eigenvalue weighted by Gasteiger charge is 2.20. The van der Waals surface area contributed by atoms with Gasteiger partial charge in [-0.25, -0.2) is 3.15 Å². The van der Waals surface area contributed by atoms with Crippen molar-refractivity contribution in [2.24, 2.45) is 3.15 Å². The summed E-state index contributed by atoms with van der Waals surface area (Å²) < 4.78 is 6.26. The van der Waals surface area contributed by atoms with E-state index >= 15 is 0 Å². The number of hydrogen-bond acceptors (Lipinski definition) is 2. The van der Waals surface area contributed by atoms with Crippen LogP contribution in [0.4, 0.5) is 0 Å². The summed E-state index contributed by atoms with van der Waals surface area (Å²) in [4.78, 5) is 10.9. The number of nitrogens with one attached hydrogen (secondary N) is 1. The number of nitrogens with zero attached hydrogens (tertiary/aromatic N) is 1. The van der Waals surface area contributed by atoms with Gasteiger partial charge in [-0.05, 0) is 10.2 Å². The van der Waals surface area contributed by atoms with E-state index in [9.17, 15) is 4.79 Å². The van der Waals surface area contributed by atoms with Crippen molar-refractivity contribution in [1.29, 1.82) is 0 Å². The number of hydrogen-bond donors (Lipinski definition) is 1. The number of halogens is 1. The van der Waals surface area contributed by atoms with Crippen LogP contribution in [0.3, 0.4) is 0 Å². The Labute approximate surface area is 68.3 Å². The number of rotatable bonds is 0. The fourth-order valence-electron chi connectivity index (χ4n) is 0.911. The first-order chi connectivity index (χ1) is 4.88. The number of carbonyl (C=O) groups is 1. The molecule has 0 bridgehead atoms. The molecule has 3 nitrogen and oxygen atoms in total. The SMILES string of the molecule is O=C1NCC2=C1C=CI=N2. The quantitative estimate of drug-likeness (QED) is 0.639. The Bertz CT molecular complexity index is 277. The normalized spacial score (nSPS) is 22.2. The van der Waals surface area contributed by atoms with Gasteiger partial charge in [0.25, 0.3) is 5.91 Å². The molecule has 0 aliphatic carbocycles. The molecule has 0 aromatic rings. The zero-order chi connectivity index (χ0) is 6.97. The first-order valence-corrected chi connectivity index (χ1v) is 5.10. The molecule has 2 aliphatic heterocycles. The number of amides is 1. The van der Waals surface area contributed by atoms with Gasteiger partial charge >= 0.3 is 0 Å². The lowest BCUT2D eigenvalue weighted by atomic mass is 10.2. The summed E-state index contributed by atoms with van der Waals surface area (Å²) in [6.07, 6.45) is 1.89. The van der Waals surface area contributed by atoms with Gasteiger partial charge in [0.1, 0.15) is 0 Å². The van der Waals surface area contributed by atoms with Gasteiger partial charge in [-0.15, -0.1) is 0 Å². The first kappa shape index (κ1) is 6.21. The van der Waals surface area contributed by atoms with Crippen LogP contribution in [0.2, 0.25) is 0 Å². The standard InChI is InChI=1S/C6H5IN2O/c10-6-4-1-2-7-9-5(4)3-8-6/h1-2H,3H2,(H,8,10). The molecule has 2 heterocycles. The molecule has 0 aromatic heterocycles. The molecule has 10 heavy (non-hydrogen) atoms. The average molecular weight is 248 g/mol. The van der Waals surface area contributed by atoms with Gasteiger partial charge in [0, 0.05) is 21.0 Å². The summed E-state index contributed by atoms with van der Waals surface area (Å²) in [5, 5.41) is 2.72. The van der Waals surface area contributed by atoms with Gasteiger partial charge in [-0.2, -0.15) is 0 Å². The van der Waals surface area contributed by atoms with Gasteiger partial charge in [0.05, 0.1) is 17.8 Å². The molecule has 0 aromatic carbocycles. The largest absolute Gasteiger partial charge is 0.346 e. The monoisotopic (exact) mass is 248 g/mol. The van der Waals surface area contributed by atoms with Gasteiger partial charge in [-0.1, -0.05) is 0 Å². The molecule has 0 fully saturated rings. The van der Waals surface area contributed by atoms with E-state index in [0.717, 1.165) is 11.3 Å². The van der Waals surface area contributed by atoms with Crippen LogP contribution in [0.15, 0.2) is 24.6 Å². The Morgan fingerprint density at radius 2 is 2.60 bits per heavy atom. The molecule has 0 saturated carbocycles. The second-order valence-electron chi connectivity index (χ2n) is 2.02. The number of carbonyl (C=O) groups excluding carboxylic acids is 1. The third kappa shape index (κ3) is 0.828. The summed E-state index contributed by atoms with van der Waals surface area (Å²) in [6, 6.07) is 0. The van der Waals surface area contributed by atoms with Crippen molar-refractivity contribution < 1.29 is 4.79 Å². The summed E-state index contributed by atoms with van der Waals surface area (Å²) in [5.41, 5.74) is 1.73. The molecule has 4 heteroatoms. The van der Waals surface area contributed by atoms with E-state index in [2.05, 4.69) is 8.46 Å². The molecule has 0 radical (unpaired) electrons. The zero-order valence-electron chi connectivity index (χ0n) is 5.10. The summed E-state index contributed by atoms with van der Waals surface area (Å²) in [5.74, 6) is 0.0266. The third-order valence-corrected chi connectivity index (χ3v) is 2.95. The molecular weight excluding hydrogens is 243 g/mol. The van der Waals surface area contributed by atoms with Crippen LogP contribution >= 0.6 is 21.0 Å². The molecule has 0 saturated heterocycles. The lowest BCUT2D eigenvalue weighted by Crippen LogP contribution is -2.16. The molecule has 0 spiro atoms. The average Bonchev–Trinajstić information content (AvgIpc) is 2.34. The third-order valence-electron chi connectivity index (χ3n) is 1.41. The molecule has 1 amide bonds. The van der Waals surface area contributed by atoms with Gasteiger partial charge in [-0.3, -0.25) is 4.79 Å². The maximum absolute atomic E-state index is 10.9. The van der Waals surface area contributed by atoms with Gasteiger partial charge < -0.3 is 5.32 Å². The summed E-state index contributed by atoms with van der Waals surface area (Å²) in [6.45, 7) is 0.637. The molecule has 2 aliphatic rings. The van der Waals surface area contributed by atoms with E-state index in [1.54, 1.807) is 0 Å². The Balaban J connectivity index is 2.50. The van der Waals surface area contributed by atoms with Crippen molar-refractivity contribution in [2.45, 2.75) is 0 Å². The van der Waals surface area contributed by atoms with Crippen molar-refractivity contribution in [2.75, 3.05) is 6.54 Å². The molecule has 0 unspecified atom stereocenters. The zero-order valence-corrected chi connectivity index (χ0v) is 7.25. The van der Waals surface area contributed by atoms with Gasteiger partial charge in [0.15, 0.2) is 0 Å². The second kappa shape index (κ2) is 2.26. The van der Waals surface area contributed by atoms with Crippen molar-refractivity contribution in [1.82, 2.24) is 5.32 Å². The highest BCUT2D eigenvalue weighted by atomic mass is 127. The first-order valence-electron chi connectivity index (χ1n) is 2.89. The molecule has 52 valence electrons. The van der Waals surface area contributed by atoms with E-state index in [1.807, 2.05) is 10.2 Å². The van der Waals surface area contributed by atoms with E-state index in [4.69, 9.17) is 0 Å². The van der Waals surface area contributed by atoms with Crippen LogP contribution < -0.4 is 5.32 Å². The van der Waals surface area contributed by atoms with Crippen LogP contribution in [0.5, 0.6) is 0 Å². The van der Waals surface area contributed by atoms with Crippen LogP contribution in [0, 0.1) is 0 Å². The van der Waals surface area contributed by atoms with Crippen molar-refractivity contribution in [3.8, 4) is 0 Å². The summed E-state index contributed by atoms with van der Waals surface area (Å²) >= 11 is -0.144. The molecule has 0 atom stereocenters. The fraction of sp³-hybridized carbons (Fsp3) is 0.167. The van der Waals surface area contributed by atoms with E-state index in [0.29, 0.717) is 6.54 Å². The highest BCUT2D eigenvalue weighted by molar-refractivity contribution is 14.2. The maximum Gasteiger partial charge on any atom is 0.253 e. The molecule has 1 N–H and O–H groups in total. The Kier molecular flexibility index (Phi) is 1.40. The van der Waals surface area contributed by atoms with E-state index in [-0.39, 0.29) is 26.9 Å². The van der Waals surface area contributed by atoms with Crippen LogP contribution in [0.1, 0.15) is 0 Å². The Morgan fingerprint density at radius 1 is 1.70 bits per heavy atom. The second-order valence-corrected chi connectivity index (χ2v) is 3.78. The van der Waals surface area contributed by atoms with Crippen molar-refractivity contribution >= 4 is 26.9 Å². The summed E-state index contributed by atoms with van der Waals surface area (Å²) in [7, 11) is 0. The van der Waals surface area contributed by atoms with Crippen molar-refractivity contribution in [3.05, 3.63) is 21.4 Å². The smallest absolute Gasteiger partial charge is 0.253 e. The maximum atomic E-state index is 10.9. The topological polar surface area (TPSA) is 41.5 Å². The minimum atomic E-state index is -0.144. The Hall–Kier alpha value is -0.520. The lowest BCUT2D eigenvalue weighted by molar-refractivity contribution is -0.116. The Morgan fingerprint density at radius 3 is 3.40 bits per heavy atom. The lowest BCUT2D eigenvalue weighted by Gasteiger charge is -1.94. The van der Waals surface area contributed by atoms with Gasteiger partial charge in [0.2, 0.25) is 0 Å². The van der Waals surface area contributed by atoms with Crippen molar-refractivity contribution in [3.63, 3.8) is 0 Å². The van der Waals surface area contributed by atoms with E-state index < -0.39 is 0 Å². The minimum absolute atomic E-state index is 0.0266. The van der Waals surface area contributed by atoms with Crippen LogP contribution in [0.25, 0.3) is 0 Å². The molecule has 2 rings (SSSR count). The molecular formula is C6H5IN2O. The minimum Gasteiger partial charge on any atom is -0.346 e. The predicted molar refractivity (Wildman–Crippen MR) is 45.6 cm³/mol. The van der Waals surface area contributed by atoms with E-state index in [1.165, 1.54) is 0 Å². The van der Waals surface area contributed by atoms with Crippen LogP contribution in [-0.4, -0.2) is 12.5 Å². The highest BCUT2D eigenvalue weighted by Crippen LogP contribution is 2.23.